The molecule has 1 N–H and O–H groups in total. The first-order valence-electron chi connectivity index (χ1n) is 8.47. The van der Waals surface area contributed by atoms with Gasteiger partial charge in [-0.1, -0.05) is 19.0 Å². The average molecular weight is 323 g/mol. The molecule has 0 saturated carbocycles. The van der Waals surface area contributed by atoms with Crippen LogP contribution in [0.25, 0.3) is 0 Å². The van der Waals surface area contributed by atoms with Crippen LogP contribution in [-0.2, 0) is 11.3 Å². The maximum absolute atomic E-state index is 12.0. The van der Waals surface area contributed by atoms with E-state index in [4.69, 9.17) is 4.52 Å². The van der Waals surface area contributed by atoms with Crippen LogP contribution in [0, 0.1) is 0 Å². The number of piperazine rings is 1. The van der Waals surface area contributed by atoms with Crippen LogP contribution < -0.4 is 5.32 Å². The molecule has 2 heterocycles. The number of amides is 1. The van der Waals surface area contributed by atoms with E-state index in [2.05, 4.69) is 39.2 Å². The summed E-state index contributed by atoms with van der Waals surface area (Å²) in [6.07, 6.45) is 1.40. The third-order valence-corrected chi connectivity index (χ3v) is 4.37. The molecular weight excluding hydrogens is 294 g/mol. The number of nitrogens with one attached hydrogen (secondary N) is 1. The zero-order valence-electron chi connectivity index (χ0n) is 14.7. The first-order chi connectivity index (χ1) is 11.0. The number of hydrogen-bond donors (Lipinski definition) is 1. The molecule has 1 atom stereocenters. The number of aromatic nitrogens is 2. The van der Waals surface area contributed by atoms with E-state index in [0.29, 0.717) is 30.7 Å². The second kappa shape index (κ2) is 8.40. The third kappa shape index (κ3) is 5.58. The molecule has 1 aromatic heterocycles. The van der Waals surface area contributed by atoms with Crippen molar-refractivity contribution in [3.63, 3.8) is 0 Å². The van der Waals surface area contributed by atoms with E-state index < -0.39 is 0 Å². The van der Waals surface area contributed by atoms with Crippen molar-refractivity contribution in [2.75, 3.05) is 33.2 Å². The quantitative estimate of drug-likeness (QED) is 0.813. The van der Waals surface area contributed by atoms with Gasteiger partial charge in [0.25, 0.3) is 0 Å². The lowest BCUT2D eigenvalue weighted by molar-refractivity contribution is -0.121. The van der Waals surface area contributed by atoms with Crippen LogP contribution in [0.4, 0.5) is 0 Å². The summed E-state index contributed by atoms with van der Waals surface area (Å²) in [5.41, 5.74) is 0. The highest BCUT2D eigenvalue weighted by Crippen LogP contribution is 2.11. The van der Waals surface area contributed by atoms with Crippen LogP contribution in [0.5, 0.6) is 0 Å². The Bertz CT molecular complexity index is 494. The SMILES string of the molecule is CC(C)c1nc(CNC(=O)CC[C@H](C)N2CCN(C)CC2)no1. The van der Waals surface area contributed by atoms with E-state index in [1.165, 1.54) is 0 Å². The molecule has 0 aliphatic carbocycles. The van der Waals surface area contributed by atoms with Crippen LogP contribution in [0.2, 0.25) is 0 Å². The molecule has 2 rings (SSSR count). The Hall–Kier alpha value is -1.47. The van der Waals surface area contributed by atoms with E-state index in [0.717, 1.165) is 32.6 Å². The van der Waals surface area contributed by atoms with Gasteiger partial charge in [-0.15, -0.1) is 0 Å². The van der Waals surface area contributed by atoms with Crippen LogP contribution in [0.3, 0.4) is 0 Å². The van der Waals surface area contributed by atoms with Crippen molar-refractivity contribution < 1.29 is 9.32 Å². The Labute approximate surface area is 138 Å². The molecule has 0 bridgehead atoms. The molecule has 1 aromatic rings. The summed E-state index contributed by atoms with van der Waals surface area (Å²) in [5, 5.41) is 6.74. The van der Waals surface area contributed by atoms with Crippen molar-refractivity contribution in [3.05, 3.63) is 11.7 Å². The van der Waals surface area contributed by atoms with Crippen LogP contribution >= 0.6 is 0 Å². The fourth-order valence-electron chi connectivity index (χ4n) is 2.63. The lowest BCUT2D eigenvalue weighted by Gasteiger charge is -2.36. The van der Waals surface area contributed by atoms with Gasteiger partial charge in [0.05, 0.1) is 6.54 Å². The summed E-state index contributed by atoms with van der Waals surface area (Å²) in [6.45, 7) is 10.9. The molecule has 0 aromatic carbocycles. The first kappa shape index (κ1) is 17.9. The number of carbonyl (C=O) groups is 1. The molecule has 7 heteroatoms. The fourth-order valence-corrected chi connectivity index (χ4v) is 2.63. The topological polar surface area (TPSA) is 74.5 Å². The minimum Gasteiger partial charge on any atom is -0.349 e. The monoisotopic (exact) mass is 323 g/mol. The summed E-state index contributed by atoms with van der Waals surface area (Å²) >= 11 is 0. The lowest BCUT2D eigenvalue weighted by Crippen LogP contribution is -2.48. The maximum atomic E-state index is 12.0. The van der Waals surface area contributed by atoms with E-state index >= 15 is 0 Å². The molecule has 1 saturated heterocycles. The number of nitrogens with zero attached hydrogens (tertiary/aromatic N) is 4. The van der Waals surface area contributed by atoms with Gasteiger partial charge in [0.2, 0.25) is 11.8 Å². The van der Waals surface area contributed by atoms with E-state index in [1.807, 2.05) is 13.8 Å². The van der Waals surface area contributed by atoms with Crippen molar-refractivity contribution in [2.45, 2.75) is 52.1 Å². The zero-order valence-corrected chi connectivity index (χ0v) is 14.7. The molecular formula is C16H29N5O2. The zero-order chi connectivity index (χ0) is 16.8. The van der Waals surface area contributed by atoms with Crippen molar-refractivity contribution in [1.82, 2.24) is 25.3 Å². The van der Waals surface area contributed by atoms with Gasteiger partial charge in [-0.2, -0.15) is 4.98 Å². The van der Waals surface area contributed by atoms with Gasteiger partial charge in [-0.25, -0.2) is 0 Å². The second-order valence-corrected chi connectivity index (χ2v) is 6.71. The molecule has 0 radical (unpaired) electrons. The largest absolute Gasteiger partial charge is 0.349 e. The molecule has 1 amide bonds. The summed E-state index contributed by atoms with van der Waals surface area (Å²) in [5.74, 6) is 1.39. The van der Waals surface area contributed by atoms with E-state index in [9.17, 15) is 4.79 Å². The molecule has 130 valence electrons. The number of likely N-dealkylation sites (N-methyl/N-ethyl adjacent to an activating group) is 1. The van der Waals surface area contributed by atoms with Gasteiger partial charge < -0.3 is 14.7 Å². The molecule has 7 nitrogen and oxygen atoms in total. The summed E-state index contributed by atoms with van der Waals surface area (Å²) < 4.78 is 5.12. The highest BCUT2D eigenvalue weighted by Gasteiger charge is 2.19. The highest BCUT2D eigenvalue weighted by atomic mass is 16.5. The van der Waals surface area contributed by atoms with Gasteiger partial charge in [-0.05, 0) is 20.4 Å². The van der Waals surface area contributed by atoms with Crippen molar-refractivity contribution >= 4 is 5.91 Å². The van der Waals surface area contributed by atoms with Gasteiger partial charge in [0, 0.05) is 44.6 Å². The smallest absolute Gasteiger partial charge is 0.229 e. The fraction of sp³-hybridized carbons (Fsp3) is 0.812. The molecule has 0 unspecified atom stereocenters. The van der Waals surface area contributed by atoms with Crippen molar-refractivity contribution in [3.8, 4) is 0 Å². The third-order valence-electron chi connectivity index (χ3n) is 4.37. The summed E-state index contributed by atoms with van der Waals surface area (Å²) in [6, 6.07) is 0.437. The molecule has 23 heavy (non-hydrogen) atoms. The predicted molar refractivity (Wildman–Crippen MR) is 88.0 cm³/mol. The molecule has 0 spiro atoms. The predicted octanol–water partition coefficient (Wildman–Crippen LogP) is 1.23. The second-order valence-electron chi connectivity index (χ2n) is 6.71. The normalized spacial score (nSPS) is 18.3. The standard InChI is InChI=1S/C16H29N5O2/c1-12(2)16-18-14(19-23-16)11-17-15(22)6-5-13(3)21-9-7-20(4)8-10-21/h12-13H,5-11H2,1-4H3,(H,17,22)/t13-/m0/s1. The van der Waals surface area contributed by atoms with Gasteiger partial charge in [-0.3, -0.25) is 9.69 Å². The number of rotatable bonds is 7. The first-order valence-corrected chi connectivity index (χ1v) is 8.47. The molecule has 1 aliphatic rings. The number of carbonyl (C=O) groups excluding carboxylic acids is 1. The Morgan fingerprint density at radius 1 is 1.26 bits per heavy atom. The minimum atomic E-state index is 0.0434. The van der Waals surface area contributed by atoms with Gasteiger partial charge in [0.1, 0.15) is 0 Å². The van der Waals surface area contributed by atoms with Gasteiger partial charge in [0.15, 0.2) is 5.82 Å². The van der Waals surface area contributed by atoms with E-state index in [-0.39, 0.29) is 11.8 Å². The Morgan fingerprint density at radius 3 is 2.57 bits per heavy atom. The summed E-state index contributed by atoms with van der Waals surface area (Å²) in [4.78, 5) is 21.0. The summed E-state index contributed by atoms with van der Waals surface area (Å²) in [7, 11) is 2.15. The average Bonchev–Trinajstić information content (AvgIpc) is 3.00. The van der Waals surface area contributed by atoms with Crippen LogP contribution in [0.15, 0.2) is 4.52 Å². The van der Waals surface area contributed by atoms with Crippen LogP contribution in [-0.4, -0.2) is 65.1 Å². The highest BCUT2D eigenvalue weighted by molar-refractivity contribution is 5.75. The van der Waals surface area contributed by atoms with Gasteiger partial charge >= 0.3 is 0 Å². The van der Waals surface area contributed by atoms with Crippen molar-refractivity contribution in [2.24, 2.45) is 0 Å². The number of hydrogen-bond acceptors (Lipinski definition) is 6. The molecule has 1 fully saturated rings. The van der Waals surface area contributed by atoms with E-state index in [1.54, 1.807) is 0 Å². The lowest BCUT2D eigenvalue weighted by atomic mass is 10.1. The Kier molecular flexibility index (Phi) is 6.53. The maximum Gasteiger partial charge on any atom is 0.229 e. The van der Waals surface area contributed by atoms with Crippen molar-refractivity contribution in [1.29, 1.82) is 0 Å². The van der Waals surface area contributed by atoms with Crippen LogP contribution in [0.1, 0.15) is 51.2 Å². The Morgan fingerprint density at radius 2 is 1.96 bits per heavy atom. The molecule has 1 aliphatic heterocycles. The minimum absolute atomic E-state index is 0.0434. The Balaban J connectivity index is 1.66.